The lowest BCUT2D eigenvalue weighted by atomic mass is 10.2. The van der Waals surface area contributed by atoms with Gasteiger partial charge in [-0.3, -0.25) is 4.90 Å². The van der Waals surface area contributed by atoms with Crippen LogP contribution in [0.2, 0.25) is 0 Å². The molecule has 1 saturated heterocycles. The third-order valence-electron chi connectivity index (χ3n) is 2.92. The molecule has 1 nitrogen and oxygen atoms in total. The molecule has 70 valence electrons. The molecule has 0 aliphatic carbocycles. The van der Waals surface area contributed by atoms with Gasteiger partial charge >= 0.3 is 0 Å². The molecule has 1 fully saturated rings. The summed E-state index contributed by atoms with van der Waals surface area (Å²) in [5.41, 5.74) is 1.44. The summed E-state index contributed by atoms with van der Waals surface area (Å²) < 4.78 is 0. The van der Waals surface area contributed by atoms with Crippen LogP contribution in [-0.4, -0.2) is 17.5 Å². The van der Waals surface area contributed by atoms with Crippen LogP contribution < -0.4 is 0 Å². The predicted octanol–water partition coefficient (Wildman–Crippen LogP) is 2.67. The highest BCUT2D eigenvalue weighted by atomic mass is 15.2. The first-order chi connectivity index (χ1) is 6.36. The van der Waals surface area contributed by atoms with Crippen molar-refractivity contribution >= 4 is 0 Å². The molecular formula is C12H17N. The minimum absolute atomic E-state index is 0.778. The zero-order valence-electron chi connectivity index (χ0n) is 8.24. The maximum Gasteiger partial charge on any atom is 0.0236 e. The van der Waals surface area contributed by atoms with E-state index in [2.05, 4.69) is 42.2 Å². The van der Waals surface area contributed by atoms with Crippen LogP contribution in [0.3, 0.4) is 0 Å². The second-order valence-corrected chi connectivity index (χ2v) is 3.95. The van der Waals surface area contributed by atoms with Gasteiger partial charge in [0.15, 0.2) is 0 Å². The van der Waals surface area contributed by atoms with Crippen LogP contribution >= 0.6 is 0 Å². The van der Waals surface area contributed by atoms with Gasteiger partial charge in [-0.15, -0.1) is 0 Å². The van der Waals surface area contributed by atoms with Gasteiger partial charge in [0.2, 0.25) is 0 Å². The fraction of sp³-hybridized carbons (Fsp3) is 0.500. The molecule has 1 aromatic carbocycles. The Morgan fingerprint density at radius 3 is 2.69 bits per heavy atom. The van der Waals surface area contributed by atoms with E-state index in [0.29, 0.717) is 0 Å². The molecule has 0 amide bonds. The van der Waals surface area contributed by atoms with E-state index in [-0.39, 0.29) is 0 Å². The maximum absolute atomic E-state index is 2.56. The first-order valence-corrected chi connectivity index (χ1v) is 5.14. The lowest BCUT2D eigenvalue weighted by Crippen LogP contribution is -2.25. The lowest BCUT2D eigenvalue weighted by Gasteiger charge is -2.20. The van der Waals surface area contributed by atoms with E-state index in [0.717, 1.165) is 12.6 Å². The van der Waals surface area contributed by atoms with Crippen molar-refractivity contribution in [1.29, 1.82) is 0 Å². The molecule has 0 aromatic heterocycles. The molecule has 0 N–H and O–H groups in total. The number of hydrogen-bond donors (Lipinski definition) is 0. The first-order valence-electron chi connectivity index (χ1n) is 5.14. The van der Waals surface area contributed by atoms with Crippen molar-refractivity contribution in [1.82, 2.24) is 4.90 Å². The molecule has 0 saturated carbocycles. The van der Waals surface area contributed by atoms with E-state index in [1.54, 1.807) is 0 Å². The van der Waals surface area contributed by atoms with Gasteiger partial charge in [0.25, 0.3) is 0 Å². The summed E-state index contributed by atoms with van der Waals surface area (Å²) in [5, 5.41) is 0. The number of nitrogens with zero attached hydrogens (tertiary/aromatic N) is 1. The summed E-state index contributed by atoms with van der Waals surface area (Å²) in [6, 6.07) is 11.5. The van der Waals surface area contributed by atoms with E-state index in [1.807, 2.05) is 0 Å². The largest absolute Gasteiger partial charge is 0.296 e. The van der Waals surface area contributed by atoms with Crippen molar-refractivity contribution in [2.75, 3.05) is 6.54 Å². The second-order valence-electron chi connectivity index (χ2n) is 3.95. The topological polar surface area (TPSA) is 3.24 Å². The molecule has 1 aliphatic heterocycles. The van der Waals surface area contributed by atoms with E-state index < -0.39 is 0 Å². The Labute approximate surface area is 80.4 Å². The first kappa shape index (κ1) is 8.76. The average Bonchev–Trinajstić information content (AvgIpc) is 2.54. The molecular weight excluding hydrogens is 158 g/mol. The van der Waals surface area contributed by atoms with Gasteiger partial charge in [0.05, 0.1) is 0 Å². The van der Waals surface area contributed by atoms with Crippen LogP contribution in [-0.2, 0) is 6.54 Å². The zero-order valence-corrected chi connectivity index (χ0v) is 8.24. The molecule has 0 radical (unpaired) electrons. The van der Waals surface area contributed by atoms with Gasteiger partial charge in [-0.05, 0) is 31.9 Å². The highest BCUT2D eigenvalue weighted by molar-refractivity contribution is 5.14. The molecule has 1 heteroatoms. The number of hydrogen-bond acceptors (Lipinski definition) is 1. The molecule has 13 heavy (non-hydrogen) atoms. The molecule has 0 unspecified atom stereocenters. The van der Waals surface area contributed by atoms with Gasteiger partial charge in [-0.25, -0.2) is 0 Å². The highest BCUT2D eigenvalue weighted by Gasteiger charge is 2.19. The summed E-state index contributed by atoms with van der Waals surface area (Å²) >= 11 is 0. The quantitative estimate of drug-likeness (QED) is 0.668. The molecule has 1 heterocycles. The lowest BCUT2D eigenvalue weighted by molar-refractivity contribution is 0.260. The van der Waals surface area contributed by atoms with Crippen LogP contribution in [0.4, 0.5) is 0 Å². The SMILES string of the molecule is C[C@H]1CCCN1Cc1ccccc1. The second kappa shape index (κ2) is 3.93. The molecule has 0 spiro atoms. The van der Waals surface area contributed by atoms with Crippen LogP contribution in [0.5, 0.6) is 0 Å². The fourth-order valence-corrected chi connectivity index (χ4v) is 2.05. The average molecular weight is 175 g/mol. The van der Waals surface area contributed by atoms with Crippen LogP contribution in [0.15, 0.2) is 30.3 Å². The van der Waals surface area contributed by atoms with E-state index in [1.165, 1.54) is 24.9 Å². The standard InChI is InChI=1S/C12H17N/c1-11-6-5-9-13(11)10-12-7-3-2-4-8-12/h2-4,7-8,11H,5-6,9-10H2,1H3/t11-/m0/s1. The summed E-state index contributed by atoms with van der Waals surface area (Å²) in [6.07, 6.45) is 2.74. The van der Waals surface area contributed by atoms with Gasteiger partial charge in [-0.2, -0.15) is 0 Å². The normalized spacial score (nSPS) is 23.6. The van der Waals surface area contributed by atoms with Crippen molar-refractivity contribution in [2.24, 2.45) is 0 Å². The summed E-state index contributed by atoms with van der Waals surface area (Å²) in [4.78, 5) is 2.56. The van der Waals surface area contributed by atoms with Crippen LogP contribution in [0, 0.1) is 0 Å². The zero-order chi connectivity index (χ0) is 9.10. The Morgan fingerprint density at radius 2 is 2.08 bits per heavy atom. The van der Waals surface area contributed by atoms with Crippen LogP contribution in [0.1, 0.15) is 25.3 Å². The molecule has 1 aromatic rings. The summed E-state index contributed by atoms with van der Waals surface area (Å²) in [7, 11) is 0. The van der Waals surface area contributed by atoms with E-state index in [9.17, 15) is 0 Å². The Kier molecular flexibility index (Phi) is 2.65. The minimum atomic E-state index is 0.778. The molecule has 1 atom stereocenters. The fourth-order valence-electron chi connectivity index (χ4n) is 2.05. The minimum Gasteiger partial charge on any atom is -0.296 e. The van der Waals surface area contributed by atoms with Crippen molar-refractivity contribution < 1.29 is 0 Å². The van der Waals surface area contributed by atoms with Crippen molar-refractivity contribution in [3.05, 3.63) is 35.9 Å². The van der Waals surface area contributed by atoms with Gasteiger partial charge in [0, 0.05) is 12.6 Å². The van der Waals surface area contributed by atoms with E-state index in [4.69, 9.17) is 0 Å². The Bertz CT molecular complexity index is 255. The summed E-state index contributed by atoms with van der Waals surface area (Å²) in [5.74, 6) is 0. The highest BCUT2D eigenvalue weighted by Crippen LogP contribution is 2.18. The molecule has 1 aliphatic rings. The monoisotopic (exact) mass is 175 g/mol. The molecule has 2 rings (SSSR count). The Balaban J connectivity index is 1.98. The summed E-state index contributed by atoms with van der Waals surface area (Å²) in [6.45, 7) is 4.73. The van der Waals surface area contributed by atoms with Crippen LogP contribution in [0.25, 0.3) is 0 Å². The molecule has 0 bridgehead atoms. The maximum atomic E-state index is 2.56. The van der Waals surface area contributed by atoms with Crippen molar-refractivity contribution in [3.8, 4) is 0 Å². The predicted molar refractivity (Wildman–Crippen MR) is 55.5 cm³/mol. The third kappa shape index (κ3) is 2.10. The smallest absolute Gasteiger partial charge is 0.0236 e. The third-order valence-corrected chi connectivity index (χ3v) is 2.92. The van der Waals surface area contributed by atoms with Gasteiger partial charge < -0.3 is 0 Å². The van der Waals surface area contributed by atoms with Gasteiger partial charge in [0.1, 0.15) is 0 Å². The van der Waals surface area contributed by atoms with Gasteiger partial charge in [-0.1, -0.05) is 30.3 Å². The Morgan fingerprint density at radius 1 is 1.31 bits per heavy atom. The number of benzene rings is 1. The Hall–Kier alpha value is -0.820. The number of rotatable bonds is 2. The van der Waals surface area contributed by atoms with Crippen molar-refractivity contribution in [2.45, 2.75) is 32.4 Å². The number of likely N-dealkylation sites (tertiary alicyclic amines) is 1. The van der Waals surface area contributed by atoms with Crippen molar-refractivity contribution in [3.63, 3.8) is 0 Å². The van der Waals surface area contributed by atoms with E-state index >= 15 is 0 Å².